The van der Waals surface area contributed by atoms with Crippen LogP contribution in [0.5, 0.6) is 0 Å². The number of anilines is 3. The Morgan fingerprint density at radius 1 is 0.268 bits per heavy atom. The average Bonchev–Trinajstić information content (AvgIpc) is 3.94. The summed E-state index contributed by atoms with van der Waals surface area (Å²) in [4.78, 5) is 2.46. The lowest BCUT2D eigenvalue weighted by molar-refractivity contribution is 0.768. The fraction of sp³-hybridized carbons (Fsp3) is 0.0286. The molecule has 0 radical (unpaired) electrons. The van der Waals surface area contributed by atoms with E-state index in [1.165, 1.54) is 105 Å². The van der Waals surface area contributed by atoms with Gasteiger partial charge in [0.05, 0.1) is 5.41 Å². The van der Waals surface area contributed by atoms with Crippen molar-refractivity contribution in [1.82, 2.24) is 0 Å². The predicted molar refractivity (Wildman–Crippen MR) is 297 cm³/mol. The van der Waals surface area contributed by atoms with E-state index in [9.17, 15) is 0 Å². The van der Waals surface area contributed by atoms with Gasteiger partial charge in [0.15, 0.2) is 0 Å². The maximum atomic E-state index is 2.47. The minimum absolute atomic E-state index is 0.136. The molecular formula is C70H47N. The van der Waals surface area contributed by atoms with Crippen molar-refractivity contribution in [3.63, 3.8) is 0 Å². The molecule has 2 aliphatic rings. The molecule has 0 N–H and O–H groups in total. The van der Waals surface area contributed by atoms with Crippen molar-refractivity contribution in [3.8, 4) is 44.5 Å². The van der Waals surface area contributed by atoms with Gasteiger partial charge in [0, 0.05) is 23.0 Å². The van der Waals surface area contributed by atoms with Crippen LogP contribution in [0.4, 0.5) is 17.1 Å². The van der Waals surface area contributed by atoms with E-state index < -0.39 is 5.41 Å². The molecule has 0 aromatic heterocycles. The van der Waals surface area contributed by atoms with Gasteiger partial charge < -0.3 is 4.90 Å². The van der Waals surface area contributed by atoms with E-state index in [0.717, 1.165) is 17.1 Å². The first-order chi connectivity index (χ1) is 35.2. The number of fused-ring (bicyclic) bond motifs is 8. The normalized spacial score (nSPS) is 13.9. The molecular weight excluding hydrogens is 855 g/mol. The lowest BCUT2D eigenvalue weighted by atomic mass is 9.67. The summed E-state index contributed by atoms with van der Waals surface area (Å²) >= 11 is 0. The number of benzene rings is 12. The largest absolute Gasteiger partial charge is 0.310 e. The van der Waals surface area contributed by atoms with Crippen LogP contribution in [0, 0.1) is 0 Å². The minimum atomic E-state index is -0.526. The summed E-state index contributed by atoms with van der Waals surface area (Å²) in [5.41, 5.74) is 21.8. The third-order valence-corrected chi connectivity index (χ3v) is 15.4. The first-order valence-electron chi connectivity index (χ1n) is 24.8. The molecule has 1 nitrogen and oxygen atoms in total. The molecule has 1 atom stereocenters. The minimum Gasteiger partial charge on any atom is -0.310 e. The van der Waals surface area contributed by atoms with Crippen LogP contribution in [0.2, 0.25) is 0 Å². The second-order valence-electron chi connectivity index (χ2n) is 19.2. The first-order valence-corrected chi connectivity index (χ1v) is 24.8. The van der Waals surface area contributed by atoms with Crippen LogP contribution in [0.15, 0.2) is 279 Å². The van der Waals surface area contributed by atoms with E-state index in [-0.39, 0.29) is 5.92 Å². The molecule has 71 heavy (non-hydrogen) atoms. The van der Waals surface area contributed by atoms with E-state index in [2.05, 4.69) is 284 Å². The molecule has 1 unspecified atom stereocenters. The van der Waals surface area contributed by atoms with Crippen LogP contribution < -0.4 is 4.90 Å². The zero-order valence-electron chi connectivity index (χ0n) is 39.1. The van der Waals surface area contributed by atoms with Gasteiger partial charge in [0.25, 0.3) is 0 Å². The molecule has 0 bridgehead atoms. The van der Waals surface area contributed by atoms with Crippen molar-refractivity contribution in [2.45, 2.75) is 11.3 Å². The second kappa shape index (κ2) is 16.6. The van der Waals surface area contributed by atoms with Crippen molar-refractivity contribution < 1.29 is 0 Å². The van der Waals surface area contributed by atoms with Crippen molar-refractivity contribution in [3.05, 3.63) is 318 Å². The van der Waals surface area contributed by atoms with Crippen molar-refractivity contribution in [2.75, 3.05) is 4.90 Å². The summed E-state index contributed by atoms with van der Waals surface area (Å²) in [5, 5.41) is 5.02. The van der Waals surface area contributed by atoms with Gasteiger partial charge in [-0.3, -0.25) is 0 Å². The summed E-state index contributed by atoms with van der Waals surface area (Å²) in [5.74, 6) is 0.136. The van der Waals surface area contributed by atoms with E-state index in [1.54, 1.807) is 0 Å². The average molecular weight is 902 g/mol. The first kappa shape index (κ1) is 41.0. The van der Waals surface area contributed by atoms with Gasteiger partial charge in [-0.1, -0.05) is 231 Å². The molecule has 2 aliphatic carbocycles. The summed E-state index contributed by atoms with van der Waals surface area (Å²) in [7, 11) is 0. The number of rotatable bonds is 8. The topological polar surface area (TPSA) is 3.24 Å². The molecule has 12 aromatic carbocycles. The summed E-state index contributed by atoms with van der Waals surface area (Å²) in [6, 6.07) is 104. The van der Waals surface area contributed by atoms with Crippen molar-refractivity contribution in [1.29, 1.82) is 0 Å². The van der Waals surface area contributed by atoms with Crippen LogP contribution in [0.25, 0.3) is 66.1 Å². The van der Waals surface area contributed by atoms with E-state index in [0.29, 0.717) is 0 Å². The quantitative estimate of drug-likeness (QED) is 0.147. The Morgan fingerprint density at radius 2 is 0.789 bits per heavy atom. The fourth-order valence-corrected chi connectivity index (χ4v) is 12.1. The maximum absolute atomic E-state index is 2.47. The van der Waals surface area contributed by atoms with Crippen LogP contribution in [0.1, 0.15) is 44.9 Å². The highest BCUT2D eigenvalue weighted by Gasteiger charge is 2.46. The molecule has 0 heterocycles. The lowest BCUT2D eigenvalue weighted by Crippen LogP contribution is -2.28. The van der Waals surface area contributed by atoms with Gasteiger partial charge in [-0.25, -0.2) is 0 Å². The Morgan fingerprint density at radius 3 is 1.55 bits per heavy atom. The van der Waals surface area contributed by atoms with Gasteiger partial charge in [-0.2, -0.15) is 0 Å². The SMILES string of the molecule is c1ccc(C2(c3ccccc3)c3ccccc3-c3ccc(N(c4ccc(-c5ccc6ccccc6c5)cc4)c4cccc(-c5ccc6c(c5)C(c5ccc7ccccc7c5)c5ccccc5-6)c4)cc32)cc1. The highest BCUT2D eigenvalue weighted by molar-refractivity contribution is 5.92. The van der Waals surface area contributed by atoms with Crippen molar-refractivity contribution in [2.24, 2.45) is 0 Å². The Bertz CT molecular complexity index is 3960. The summed E-state index contributed by atoms with van der Waals surface area (Å²) in [6.45, 7) is 0. The monoisotopic (exact) mass is 901 g/mol. The molecule has 0 fully saturated rings. The Hall–Kier alpha value is -9.04. The Labute approximate surface area is 415 Å². The molecule has 332 valence electrons. The molecule has 0 spiro atoms. The van der Waals surface area contributed by atoms with Gasteiger partial charge >= 0.3 is 0 Å². The van der Waals surface area contributed by atoms with Crippen LogP contribution >= 0.6 is 0 Å². The van der Waals surface area contributed by atoms with Crippen LogP contribution in [-0.4, -0.2) is 0 Å². The number of hydrogen-bond donors (Lipinski definition) is 0. The van der Waals surface area contributed by atoms with Gasteiger partial charge in [0.2, 0.25) is 0 Å². The number of hydrogen-bond acceptors (Lipinski definition) is 1. The molecule has 0 amide bonds. The van der Waals surface area contributed by atoms with Gasteiger partial charge in [-0.15, -0.1) is 0 Å². The molecule has 0 saturated carbocycles. The Kier molecular flexibility index (Phi) is 9.57. The molecule has 0 aliphatic heterocycles. The fourth-order valence-electron chi connectivity index (χ4n) is 12.1. The highest BCUT2D eigenvalue weighted by atomic mass is 15.1. The predicted octanol–water partition coefficient (Wildman–Crippen LogP) is 18.3. The Balaban J connectivity index is 0.936. The molecule has 12 aromatic rings. The smallest absolute Gasteiger partial charge is 0.0714 e. The molecule has 1 heteroatoms. The highest BCUT2D eigenvalue weighted by Crippen LogP contribution is 2.57. The zero-order chi connectivity index (χ0) is 46.9. The zero-order valence-corrected chi connectivity index (χ0v) is 39.1. The van der Waals surface area contributed by atoms with Crippen LogP contribution in [-0.2, 0) is 5.41 Å². The lowest BCUT2D eigenvalue weighted by Gasteiger charge is -2.35. The second-order valence-corrected chi connectivity index (χ2v) is 19.2. The maximum Gasteiger partial charge on any atom is 0.0714 e. The third kappa shape index (κ3) is 6.62. The van der Waals surface area contributed by atoms with E-state index in [4.69, 9.17) is 0 Å². The standard InChI is InChI=1S/C70H47N/c1-3-21-56(22-4-1)70(57-23-5-2-6-24-57)67-29-14-13-27-63(67)64-41-39-60(46-68(64)70)71(58-37-34-49(35-38-58)53-32-30-47-16-7-9-18-50(47)42-53)59-25-15-20-52(44-59)54-36-40-62-61-26-11-12-28-65(61)69(66(62)45-54)55-33-31-48-17-8-10-19-51(48)43-55/h1-46,69H. The van der Waals surface area contributed by atoms with Gasteiger partial charge in [-0.05, 0) is 154 Å². The summed E-state index contributed by atoms with van der Waals surface area (Å²) in [6.07, 6.45) is 0. The van der Waals surface area contributed by atoms with Crippen LogP contribution in [0.3, 0.4) is 0 Å². The van der Waals surface area contributed by atoms with E-state index in [1.807, 2.05) is 0 Å². The number of nitrogens with zero attached hydrogens (tertiary/aromatic N) is 1. The summed E-state index contributed by atoms with van der Waals surface area (Å²) < 4.78 is 0. The van der Waals surface area contributed by atoms with Crippen molar-refractivity contribution >= 4 is 38.6 Å². The van der Waals surface area contributed by atoms with E-state index >= 15 is 0 Å². The molecule has 0 saturated heterocycles. The third-order valence-electron chi connectivity index (χ3n) is 15.4. The van der Waals surface area contributed by atoms with Gasteiger partial charge in [0.1, 0.15) is 0 Å². The molecule has 14 rings (SSSR count).